The summed E-state index contributed by atoms with van der Waals surface area (Å²) in [4.78, 5) is 0. The summed E-state index contributed by atoms with van der Waals surface area (Å²) in [7, 11) is -7.94. The molecule has 8 nitrogen and oxygen atoms in total. The maximum absolute atomic E-state index is 11.9. The molecule has 1 heterocycles. The summed E-state index contributed by atoms with van der Waals surface area (Å²) < 4.78 is 45.5. The van der Waals surface area contributed by atoms with Gasteiger partial charge in [-0.2, -0.15) is 10.4 Å². The highest BCUT2D eigenvalue weighted by Gasteiger charge is 2.25. The van der Waals surface area contributed by atoms with Crippen LogP contribution in [-0.2, 0) is 19.9 Å². The van der Waals surface area contributed by atoms with Crippen molar-refractivity contribution < 1.29 is 16.8 Å². The molecule has 0 aliphatic heterocycles. The van der Waals surface area contributed by atoms with E-state index in [2.05, 4.69) is 10.2 Å². The molecule has 0 amide bonds. The third-order valence-electron chi connectivity index (χ3n) is 2.47. The molecule has 1 aromatic heterocycles. The maximum atomic E-state index is 11.9. The van der Waals surface area contributed by atoms with E-state index in [1.165, 1.54) is 0 Å². The molecule has 0 fully saturated rings. The van der Waals surface area contributed by atoms with Gasteiger partial charge in [-0.1, -0.05) is 0 Å². The van der Waals surface area contributed by atoms with Gasteiger partial charge in [0.05, 0.1) is 22.8 Å². The first-order valence-corrected chi connectivity index (χ1v) is 8.42. The molecular weight excluding hydrogens is 292 g/mol. The van der Waals surface area contributed by atoms with Crippen LogP contribution >= 0.6 is 0 Å². The lowest BCUT2D eigenvalue weighted by molar-refractivity contribution is 0.584. The summed E-state index contributed by atoms with van der Waals surface area (Å²) in [5, 5.41) is 20.4. The van der Waals surface area contributed by atoms with Gasteiger partial charge in [-0.25, -0.2) is 22.0 Å². The lowest BCUT2D eigenvalue weighted by Crippen LogP contribution is -2.24. The Kier molecular flexibility index (Phi) is 4.24. The molecule has 0 saturated carbocycles. The molecule has 0 spiro atoms. The minimum absolute atomic E-state index is 0.123. The highest BCUT2D eigenvalue weighted by molar-refractivity contribution is 7.94. The number of nitrogens with two attached hydrogens (primary N) is 1. The molecular formula is C9H12N4O4S2. The van der Waals surface area contributed by atoms with Gasteiger partial charge >= 0.3 is 0 Å². The van der Waals surface area contributed by atoms with Crippen LogP contribution in [0.1, 0.15) is 16.8 Å². The number of hydrogen-bond donors (Lipinski definition) is 1. The lowest BCUT2D eigenvalue weighted by Gasteiger charge is -2.07. The second-order valence-electron chi connectivity index (χ2n) is 3.89. The van der Waals surface area contributed by atoms with Gasteiger partial charge in [0.1, 0.15) is 6.07 Å². The molecule has 0 bridgehead atoms. The van der Waals surface area contributed by atoms with Crippen LogP contribution in [0.25, 0.3) is 0 Å². The van der Waals surface area contributed by atoms with Crippen LogP contribution in [0.4, 0.5) is 0 Å². The normalized spacial score (nSPS) is 12.1. The van der Waals surface area contributed by atoms with Crippen molar-refractivity contribution in [1.29, 1.82) is 5.26 Å². The van der Waals surface area contributed by atoms with Crippen LogP contribution in [0, 0.1) is 25.2 Å². The predicted molar refractivity (Wildman–Crippen MR) is 66.2 cm³/mol. The quantitative estimate of drug-likeness (QED) is 0.753. The highest BCUT2D eigenvalue weighted by atomic mass is 32.2. The number of sulfonamides is 1. The number of sulfone groups is 1. The maximum Gasteiger partial charge on any atom is 0.210 e. The van der Waals surface area contributed by atoms with E-state index >= 15 is 0 Å². The summed E-state index contributed by atoms with van der Waals surface area (Å²) >= 11 is 0. The Morgan fingerprint density at radius 1 is 1.16 bits per heavy atom. The largest absolute Gasteiger partial charge is 0.229 e. The van der Waals surface area contributed by atoms with Gasteiger partial charge < -0.3 is 0 Å². The summed E-state index contributed by atoms with van der Waals surface area (Å²) in [5.41, 5.74) is 0.704. The van der Waals surface area contributed by atoms with E-state index in [-0.39, 0.29) is 5.56 Å². The minimum Gasteiger partial charge on any atom is -0.229 e. The van der Waals surface area contributed by atoms with E-state index in [1.807, 2.05) is 0 Å². The number of primary sulfonamides is 1. The summed E-state index contributed by atoms with van der Waals surface area (Å²) in [5.74, 6) is -1.48. The molecule has 0 radical (unpaired) electrons. The molecule has 0 atom stereocenters. The smallest absolute Gasteiger partial charge is 0.210 e. The molecule has 19 heavy (non-hydrogen) atoms. The van der Waals surface area contributed by atoms with Gasteiger partial charge in [0.2, 0.25) is 10.0 Å². The van der Waals surface area contributed by atoms with E-state index in [9.17, 15) is 16.8 Å². The molecule has 1 rings (SSSR count). The fraction of sp³-hybridized carbons (Fsp3) is 0.444. The average molecular weight is 304 g/mol. The van der Waals surface area contributed by atoms with Crippen molar-refractivity contribution in [2.45, 2.75) is 18.9 Å². The topological polar surface area (TPSA) is 144 Å². The monoisotopic (exact) mass is 304 g/mol. The van der Waals surface area contributed by atoms with Crippen molar-refractivity contribution in [3.05, 3.63) is 16.8 Å². The minimum atomic E-state index is -4.03. The SMILES string of the molecule is Cc1nnc(S(=O)(=O)CCS(N)(=O)=O)c(C#N)c1C. The lowest BCUT2D eigenvalue weighted by atomic mass is 10.1. The third kappa shape index (κ3) is 3.69. The second-order valence-corrected chi connectivity index (χ2v) is 7.65. The van der Waals surface area contributed by atoms with E-state index in [4.69, 9.17) is 10.4 Å². The third-order valence-corrected chi connectivity index (χ3v) is 5.11. The molecule has 0 aliphatic carbocycles. The Labute approximate surface area is 111 Å². The van der Waals surface area contributed by atoms with Crippen molar-refractivity contribution in [3.8, 4) is 6.07 Å². The first kappa shape index (κ1) is 15.5. The van der Waals surface area contributed by atoms with Crippen LogP contribution < -0.4 is 5.14 Å². The Balaban J connectivity index is 3.31. The Bertz CT molecular complexity index is 747. The summed E-state index contributed by atoms with van der Waals surface area (Å²) in [6, 6.07) is 1.75. The van der Waals surface area contributed by atoms with Gasteiger partial charge in [0.15, 0.2) is 14.9 Å². The van der Waals surface area contributed by atoms with Crippen molar-refractivity contribution in [2.24, 2.45) is 5.14 Å². The zero-order chi connectivity index (χ0) is 14.8. The molecule has 0 aliphatic rings. The molecule has 0 aromatic carbocycles. The summed E-state index contributed by atoms with van der Waals surface area (Å²) in [6.45, 7) is 3.13. The van der Waals surface area contributed by atoms with Crippen molar-refractivity contribution in [1.82, 2.24) is 10.2 Å². The van der Waals surface area contributed by atoms with E-state index < -0.39 is 36.4 Å². The molecule has 0 saturated heterocycles. The standard InChI is InChI=1S/C9H12N4O4S2/c1-6-7(2)12-13-9(8(6)5-10)18(14,15)3-4-19(11,16)17/h3-4H2,1-2H3,(H2,11,16,17). The fourth-order valence-electron chi connectivity index (χ4n) is 1.26. The number of aryl methyl sites for hydroxylation is 1. The van der Waals surface area contributed by atoms with Crippen LogP contribution in [0.5, 0.6) is 0 Å². The molecule has 104 valence electrons. The molecule has 0 unspecified atom stereocenters. The van der Waals surface area contributed by atoms with Crippen LogP contribution in [0.3, 0.4) is 0 Å². The van der Waals surface area contributed by atoms with Crippen LogP contribution in [0.15, 0.2) is 5.03 Å². The number of nitriles is 1. The fourth-order valence-corrected chi connectivity index (χ4v) is 3.93. The number of hydrogen-bond acceptors (Lipinski definition) is 7. The van der Waals surface area contributed by atoms with E-state index in [0.29, 0.717) is 11.3 Å². The number of rotatable bonds is 4. The van der Waals surface area contributed by atoms with Crippen LogP contribution in [0.2, 0.25) is 0 Å². The van der Waals surface area contributed by atoms with Crippen molar-refractivity contribution >= 4 is 19.9 Å². The van der Waals surface area contributed by atoms with Gasteiger partial charge in [0.25, 0.3) is 0 Å². The Hall–Kier alpha value is -1.57. The first-order valence-electron chi connectivity index (χ1n) is 5.05. The number of aromatic nitrogens is 2. The summed E-state index contributed by atoms with van der Waals surface area (Å²) in [6.07, 6.45) is 0. The van der Waals surface area contributed by atoms with Gasteiger partial charge in [-0.3, -0.25) is 0 Å². The van der Waals surface area contributed by atoms with Gasteiger partial charge in [0, 0.05) is 0 Å². The average Bonchev–Trinajstić information content (AvgIpc) is 2.29. The second kappa shape index (κ2) is 5.20. The van der Waals surface area contributed by atoms with Crippen LogP contribution in [-0.4, -0.2) is 38.5 Å². The van der Waals surface area contributed by atoms with Gasteiger partial charge in [-0.05, 0) is 19.4 Å². The number of nitrogens with zero attached hydrogens (tertiary/aromatic N) is 3. The van der Waals surface area contributed by atoms with Crippen molar-refractivity contribution in [3.63, 3.8) is 0 Å². The van der Waals surface area contributed by atoms with E-state index in [0.717, 1.165) is 0 Å². The van der Waals surface area contributed by atoms with Gasteiger partial charge in [-0.15, -0.1) is 5.10 Å². The van der Waals surface area contributed by atoms with E-state index in [1.54, 1.807) is 19.9 Å². The Morgan fingerprint density at radius 2 is 1.74 bits per heavy atom. The Morgan fingerprint density at radius 3 is 2.21 bits per heavy atom. The predicted octanol–water partition coefficient (Wildman–Crippen LogP) is -0.973. The highest BCUT2D eigenvalue weighted by Crippen LogP contribution is 2.18. The molecule has 10 heteroatoms. The first-order chi connectivity index (χ1) is 8.58. The zero-order valence-electron chi connectivity index (χ0n) is 10.3. The zero-order valence-corrected chi connectivity index (χ0v) is 11.9. The molecule has 2 N–H and O–H groups in total. The van der Waals surface area contributed by atoms with Crippen molar-refractivity contribution in [2.75, 3.05) is 11.5 Å². The molecule has 1 aromatic rings.